The molecule has 1 heterocycles. The van der Waals surface area contributed by atoms with Gasteiger partial charge in [-0.1, -0.05) is 0 Å². The van der Waals surface area contributed by atoms with E-state index in [1.165, 1.54) is 4.90 Å². The SMILES string of the molecule is CCOC(=O)C1CN(c2cc(F)c(F)c(F)c2)CC1=O. The molecule has 1 aliphatic heterocycles. The van der Waals surface area contributed by atoms with E-state index in [1.807, 2.05) is 0 Å². The van der Waals surface area contributed by atoms with Crippen molar-refractivity contribution in [1.29, 1.82) is 0 Å². The van der Waals surface area contributed by atoms with E-state index in [9.17, 15) is 22.8 Å². The Morgan fingerprint density at radius 3 is 2.50 bits per heavy atom. The normalized spacial score (nSPS) is 18.5. The lowest BCUT2D eigenvalue weighted by molar-refractivity contribution is -0.149. The third-order valence-corrected chi connectivity index (χ3v) is 3.04. The summed E-state index contributed by atoms with van der Waals surface area (Å²) in [6.45, 7) is 1.54. The summed E-state index contributed by atoms with van der Waals surface area (Å²) in [5, 5.41) is 0. The van der Waals surface area contributed by atoms with E-state index in [2.05, 4.69) is 0 Å². The van der Waals surface area contributed by atoms with Crippen LogP contribution in [0.4, 0.5) is 18.9 Å². The molecule has 0 saturated carbocycles. The number of anilines is 1. The molecule has 2 rings (SSSR count). The number of hydrogen-bond donors (Lipinski definition) is 0. The summed E-state index contributed by atoms with van der Waals surface area (Å²) in [6.07, 6.45) is 0. The highest BCUT2D eigenvalue weighted by atomic mass is 19.2. The molecule has 0 aromatic heterocycles. The molecular formula is C13H12F3NO3. The number of benzene rings is 1. The lowest BCUT2D eigenvalue weighted by Crippen LogP contribution is -2.25. The third-order valence-electron chi connectivity index (χ3n) is 3.04. The first-order valence-electron chi connectivity index (χ1n) is 6.03. The van der Waals surface area contributed by atoms with Crippen LogP contribution in [0.2, 0.25) is 0 Å². The number of hydrogen-bond acceptors (Lipinski definition) is 4. The van der Waals surface area contributed by atoms with Gasteiger partial charge in [0.15, 0.2) is 23.2 Å². The number of carbonyl (C=O) groups is 2. The molecule has 1 aliphatic rings. The highest BCUT2D eigenvalue weighted by Gasteiger charge is 2.37. The van der Waals surface area contributed by atoms with Crippen molar-refractivity contribution in [2.75, 3.05) is 24.6 Å². The molecule has 1 unspecified atom stereocenters. The van der Waals surface area contributed by atoms with Crippen molar-refractivity contribution in [2.45, 2.75) is 6.92 Å². The zero-order valence-corrected chi connectivity index (χ0v) is 10.7. The monoisotopic (exact) mass is 287 g/mol. The number of ether oxygens (including phenoxy) is 1. The fraction of sp³-hybridized carbons (Fsp3) is 0.385. The minimum absolute atomic E-state index is 0.0153. The average molecular weight is 287 g/mol. The van der Waals surface area contributed by atoms with Crippen molar-refractivity contribution in [3.8, 4) is 0 Å². The van der Waals surface area contributed by atoms with Crippen LogP contribution in [0, 0.1) is 23.4 Å². The highest BCUT2D eigenvalue weighted by molar-refractivity contribution is 6.04. The summed E-state index contributed by atoms with van der Waals surface area (Å²) in [7, 11) is 0. The molecule has 7 heteroatoms. The summed E-state index contributed by atoms with van der Waals surface area (Å²) in [5.74, 6) is -6.29. The topological polar surface area (TPSA) is 46.6 Å². The Labute approximate surface area is 113 Å². The van der Waals surface area contributed by atoms with Gasteiger partial charge in [0.2, 0.25) is 0 Å². The number of esters is 1. The quantitative estimate of drug-likeness (QED) is 0.482. The van der Waals surface area contributed by atoms with Crippen molar-refractivity contribution >= 4 is 17.4 Å². The molecule has 1 aromatic carbocycles. The third kappa shape index (κ3) is 2.61. The van der Waals surface area contributed by atoms with Crippen molar-refractivity contribution < 1.29 is 27.5 Å². The molecular weight excluding hydrogens is 275 g/mol. The standard InChI is InChI=1S/C13H12F3NO3/c1-2-20-13(19)8-5-17(6-11(8)18)7-3-9(14)12(16)10(15)4-7/h3-4,8H,2,5-6H2,1H3. The molecule has 1 fully saturated rings. The van der Waals surface area contributed by atoms with Crippen LogP contribution >= 0.6 is 0 Å². The maximum absolute atomic E-state index is 13.1. The van der Waals surface area contributed by atoms with Crippen LogP contribution in [-0.4, -0.2) is 31.4 Å². The largest absolute Gasteiger partial charge is 0.465 e. The maximum Gasteiger partial charge on any atom is 0.318 e. The van der Waals surface area contributed by atoms with Crippen LogP contribution in [0.3, 0.4) is 0 Å². The number of rotatable bonds is 3. The van der Waals surface area contributed by atoms with Gasteiger partial charge >= 0.3 is 5.97 Å². The highest BCUT2D eigenvalue weighted by Crippen LogP contribution is 2.26. The first-order valence-corrected chi connectivity index (χ1v) is 6.03. The second-order valence-electron chi connectivity index (χ2n) is 4.37. The molecule has 0 bridgehead atoms. The number of ketones is 1. The van der Waals surface area contributed by atoms with Gasteiger partial charge < -0.3 is 9.64 Å². The molecule has 1 aromatic rings. The predicted molar refractivity (Wildman–Crippen MR) is 63.7 cm³/mol. The van der Waals surface area contributed by atoms with E-state index in [4.69, 9.17) is 4.74 Å². The first kappa shape index (κ1) is 14.4. The van der Waals surface area contributed by atoms with Crippen LogP contribution < -0.4 is 4.90 Å². The van der Waals surface area contributed by atoms with Gasteiger partial charge in [-0.2, -0.15) is 0 Å². The molecule has 4 nitrogen and oxygen atoms in total. The molecule has 20 heavy (non-hydrogen) atoms. The van der Waals surface area contributed by atoms with Crippen LogP contribution in [0.5, 0.6) is 0 Å². The van der Waals surface area contributed by atoms with Crippen molar-refractivity contribution in [1.82, 2.24) is 0 Å². The van der Waals surface area contributed by atoms with E-state index in [-0.39, 0.29) is 25.4 Å². The molecule has 1 atom stereocenters. The molecule has 0 radical (unpaired) electrons. The maximum atomic E-state index is 13.1. The summed E-state index contributed by atoms with van der Waals surface area (Å²) in [5.41, 5.74) is 0.0153. The summed E-state index contributed by atoms with van der Waals surface area (Å²) in [6, 6.07) is 1.58. The lowest BCUT2D eigenvalue weighted by atomic mass is 10.1. The van der Waals surface area contributed by atoms with Gasteiger partial charge in [0.1, 0.15) is 5.92 Å². The van der Waals surface area contributed by atoms with Gasteiger partial charge in [-0.3, -0.25) is 9.59 Å². The van der Waals surface area contributed by atoms with E-state index >= 15 is 0 Å². The van der Waals surface area contributed by atoms with Crippen LogP contribution in [0.25, 0.3) is 0 Å². The number of Topliss-reactive ketones (excluding diaryl/α,β-unsaturated/α-hetero) is 1. The minimum atomic E-state index is -1.57. The fourth-order valence-corrected chi connectivity index (χ4v) is 2.06. The molecule has 0 spiro atoms. The number of halogens is 3. The smallest absolute Gasteiger partial charge is 0.318 e. The van der Waals surface area contributed by atoms with E-state index < -0.39 is 35.1 Å². The van der Waals surface area contributed by atoms with E-state index in [0.717, 1.165) is 12.1 Å². The molecule has 108 valence electrons. The zero-order chi connectivity index (χ0) is 14.9. The van der Waals surface area contributed by atoms with Gasteiger partial charge in [-0.25, -0.2) is 13.2 Å². The van der Waals surface area contributed by atoms with Crippen molar-refractivity contribution in [2.24, 2.45) is 5.92 Å². The summed E-state index contributed by atoms with van der Waals surface area (Å²) >= 11 is 0. The van der Waals surface area contributed by atoms with Gasteiger partial charge in [0, 0.05) is 24.4 Å². The van der Waals surface area contributed by atoms with E-state index in [1.54, 1.807) is 6.92 Å². The predicted octanol–water partition coefficient (Wildman–Crippen LogP) is 1.67. The van der Waals surface area contributed by atoms with Crippen LogP contribution in [-0.2, 0) is 14.3 Å². The summed E-state index contributed by atoms with van der Waals surface area (Å²) < 4.78 is 43.9. The van der Waals surface area contributed by atoms with Gasteiger partial charge in [0.25, 0.3) is 0 Å². The Morgan fingerprint density at radius 2 is 1.95 bits per heavy atom. The van der Waals surface area contributed by atoms with Crippen LogP contribution in [0.15, 0.2) is 12.1 Å². The molecule has 0 N–H and O–H groups in total. The zero-order valence-electron chi connectivity index (χ0n) is 10.7. The Morgan fingerprint density at radius 1 is 1.35 bits per heavy atom. The van der Waals surface area contributed by atoms with E-state index in [0.29, 0.717) is 0 Å². The Balaban J connectivity index is 2.20. The molecule has 1 saturated heterocycles. The minimum Gasteiger partial charge on any atom is -0.465 e. The molecule has 0 amide bonds. The van der Waals surface area contributed by atoms with Crippen LogP contribution in [0.1, 0.15) is 6.92 Å². The first-order chi connectivity index (χ1) is 9.43. The molecule has 0 aliphatic carbocycles. The van der Waals surface area contributed by atoms with Gasteiger partial charge in [-0.05, 0) is 6.92 Å². The Kier molecular flexibility index (Phi) is 3.96. The Hall–Kier alpha value is -2.05. The van der Waals surface area contributed by atoms with Gasteiger partial charge in [-0.15, -0.1) is 0 Å². The van der Waals surface area contributed by atoms with Gasteiger partial charge in [0.05, 0.1) is 13.2 Å². The second kappa shape index (κ2) is 5.52. The lowest BCUT2D eigenvalue weighted by Gasteiger charge is -2.17. The van der Waals surface area contributed by atoms with Crippen molar-refractivity contribution in [3.05, 3.63) is 29.6 Å². The van der Waals surface area contributed by atoms with Crippen molar-refractivity contribution in [3.63, 3.8) is 0 Å². The Bertz CT molecular complexity index is 539. The second-order valence-corrected chi connectivity index (χ2v) is 4.37. The number of nitrogens with zero attached hydrogens (tertiary/aromatic N) is 1. The fourth-order valence-electron chi connectivity index (χ4n) is 2.06. The number of carbonyl (C=O) groups excluding carboxylic acids is 2. The summed E-state index contributed by atoms with van der Waals surface area (Å²) in [4.78, 5) is 24.6. The average Bonchev–Trinajstić information content (AvgIpc) is 2.78.